The third kappa shape index (κ3) is 5.92. The van der Waals surface area contributed by atoms with Gasteiger partial charge >= 0.3 is 0 Å². The van der Waals surface area contributed by atoms with E-state index in [0.29, 0.717) is 23.9 Å². The second kappa shape index (κ2) is 11.3. The predicted octanol–water partition coefficient (Wildman–Crippen LogP) is 9.53. The Bertz CT molecular complexity index is 1110. The summed E-state index contributed by atoms with van der Waals surface area (Å²) in [5, 5.41) is 0. The molecule has 0 aliphatic heterocycles. The van der Waals surface area contributed by atoms with Crippen LogP contribution in [0.1, 0.15) is 94.7 Å². The molecule has 3 aromatic rings. The summed E-state index contributed by atoms with van der Waals surface area (Å²) in [7, 11) is 1.74. The molecule has 2 heteroatoms. The van der Waals surface area contributed by atoms with Crippen LogP contribution < -0.4 is 9.47 Å². The topological polar surface area (TPSA) is 18.5 Å². The average Bonchev–Trinajstić information content (AvgIpc) is 3.24. The first-order valence-corrected chi connectivity index (χ1v) is 13.4. The van der Waals surface area contributed by atoms with Gasteiger partial charge in [-0.2, -0.15) is 0 Å². The molecule has 0 aromatic heterocycles. The molecule has 0 heterocycles. The number of benzene rings is 3. The lowest BCUT2D eigenvalue weighted by Gasteiger charge is -2.30. The fraction of sp³-hybridized carbons (Fsp3) is 0.455. The maximum Gasteiger partial charge on any atom is 0.120 e. The van der Waals surface area contributed by atoms with E-state index in [-0.39, 0.29) is 0 Å². The Morgan fingerprint density at radius 1 is 0.943 bits per heavy atom. The van der Waals surface area contributed by atoms with Crippen LogP contribution >= 0.6 is 0 Å². The monoisotopic (exact) mass is 470 g/mol. The molecule has 0 bridgehead atoms. The molecule has 35 heavy (non-hydrogen) atoms. The summed E-state index contributed by atoms with van der Waals surface area (Å²) >= 11 is 0. The van der Waals surface area contributed by atoms with Crippen LogP contribution in [0, 0.1) is 5.41 Å². The number of rotatable bonds is 10. The van der Waals surface area contributed by atoms with Crippen molar-refractivity contribution in [3.05, 3.63) is 83.4 Å². The molecule has 0 spiro atoms. The molecular weight excluding hydrogens is 428 g/mol. The van der Waals surface area contributed by atoms with Crippen molar-refractivity contribution in [3.63, 3.8) is 0 Å². The lowest BCUT2D eigenvalue weighted by atomic mass is 9.75. The van der Waals surface area contributed by atoms with Crippen molar-refractivity contribution in [3.8, 4) is 22.6 Å². The minimum Gasteiger partial charge on any atom is -0.497 e. The van der Waals surface area contributed by atoms with Crippen LogP contribution in [0.2, 0.25) is 0 Å². The zero-order valence-corrected chi connectivity index (χ0v) is 22.3. The molecule has 1 saturated carbocycles. The Hall–Kier alpha value is -2.74. The Balaban J connectivity index is 1.62. The van der Waals surface area contributed by atoms with Crippen LogP contribution in [0.15, 0.2) is 66.7 Å². The largest absolute Gasteiger partial charge is 0.497 e. The summed E-state index contributed by atoms with van der Waals surface area (Å²) in [5.74, 6) is 3.03. The maximum absolute atomic E-state index is 6.34. The van der Waals surface area contributed by atoms with Gasteiger partial charge < -0.3 is 9.47 Å². The van der Waals surface area contributed by atoms with Crippen LogP contribution in [0.25, 0.3) is 11.1 Å². The number of hydrogen-bond donors (Lipinski definition) is 0. The van der Waals surface area contributed by atoms with Crippen molar-refractivity contribution in [1.82, 2.24) is 0 Å². The first-order chi connectivity index (χ1) is 16.9. The second-order valence-electron chi connectivity index (χ2n) is 10.8. The van der Waals surface area contributed by atoms with Gasteiger partial charge in [0, 0.05) is 0 Å². The Labute approximate surface area is 212 Å². The quantitative estimate of drug-likeness (QED) is 0.294. The van der Waals surface area contributed by atoms with E-state index < -0.39 is 0 Å². The fourth-order valence-corrected chi connectivity index (χ4v) is 5.93. The summed E-state index contributed by atoms with van der Waals surface area (Å²) < 4.78 is 11.9. The lowest BCUT2D eigenvalue weighted by molar-refractivity contribution is 0.304. The Morgan fingerprint density at radius 3 is 2.46 bits per heavy atom. The highest BCUT2D eigenvalue weighted by Crippen LogP contribution is 2.51. The molecule has 2 nitrogen and oxygen atoms in total. The lowest BCUT2D eigenvalue weighted by Crippen LogP contribution is -2.16. The third-order valence-electron chi connectivity index (χ3n) is 7.99. The minimum atomic E-state index is 0.301. The first-order valence-electron chi connectivity index (χ1n) is 13.4. The molecule has 1 unspecified atom stereocenters. The molecule has 186 valence electrons. The van der Waals surface area contributed by atoms with Gasteiger partial charge in [-0.25, -0.2) is 0 Å². The summed E-state index contributed by atoms with van der Waals surface area (Å²) in [6, 6.07) is 24.1. The molecule has 0 N–H and O–H groups in total. The van der Waals surface area contributed by atoms with Gasteiger partial charge in [-0.05, 0) is 95.0 Å². The van der Waals surface area contributed by atoms with E-state index >= 15 is 0 Å². The molecular formula is C33H42O2. The highest BCUT2D eigenvalue weighted by atomic mass is 16.5. The third-order valence-corrected chi connectivity index (χ3v) is 7.99. The van der Waals surface area contributed by atoms with Crippen LogP contribution in [0.5, 0.6) is 11.5 Å². The van der Waals surface area contributed by atoms with Crippen molar-refractivity contribution in [1.29, 1.82) is 0 Å². The highest BCUT2D eigenvalue weighted by molar-refractivity contribution is 5.70. The van der Waals surface area contributed by atoms with E-state index in [9.17, 15) is 0 Å². The van der Waals surface area contributed by atoms with E-state index in [1.165, 1.54) is 66.3 Å². The van der Waals surface area contributed by atoms with Crippen molar-refractivity contribution in [2.75, 3.05) is 7.11 Å². The molecule has 1 aliphatic carbocycles. The van der Waals surface area contributed by atoms with Gasteiger partial charge in [-0.15, -0.1) is 0 Å². The van der Waals surface area contributed by atoms with Gasteiger partial charge in [0.25, 0.3) is 0 Å². The van der Waals surface area contributed by atoms with Gasteiger partial charge in [0.15, 0.2) is 0 Å². The second-order valence-corrected chi connectivity index (χ2v) is 10.8. The molecule has 0 radical (unpaired) electrons. The molecule has 4 rings (SSSR count). The first kappa shape index (κ1) is 25.4. The summed E-state index contributed by atoms with van der Waals surface area (Å²) in [4.78, 5) is 0. The van der Waals surface area contributed by atoms with Crippen LogP contribution in [0.3, 0.4) is 0 Å². The predicted molar refractivity (Wildman–Crippen MR) is 148 cm³/mol. The van der Waals surface area contributed by atoms with Gasteiger partial charge in [0.05, 0.1) is 7.11 Å². The normalized spacial score (nSPS) is 17.8. The maximum atomic E-state index is 6.34. The molecule has 1 aliphatic rings. The van der Waals surface area contributed by atoms with Crippen LogP contribution in [-0.2, 0) is 6.61 Å². The summed E-state index contributed by atoms with van der Waals surface area (Å²) in [5.41, 5.74) is 6.93. The Kier molecular flexibility index (Phi) is 8.21. The van der Waals surface area contributed by atoms with Crippen LogP contribution in [0.4, 0.5) is 0 Å². The fourth-order valence-electron chi connectivity index (χ4n) is 5.93. The molecule has 0 saturated heterocycles. The Morgan fingerprint density at radius 2 is 1.74 bits per heavy atom. The molecule has 0 amide bonds. The van der Waals surface area contributed by atoms with E-state index in [2.05, 4.69) is 88.4 Å². The molecule has 3 aromatic carbocycles. The number of methoxy groups -OCH3 is 1. The standard InChI is InChI=1S/C33H42O2/c1-6-11-25(7-2)26-12-8-15-29(21-26)35-23-24-17-18-30(27-13-9-14-28(22-27)34-5)31(20-24)32-16-10-19-33(32,3)4/h8-9,12-15,17-18,20-22,25,32H,6-7,10-11,16,19,23H2,1-5H3/t25-,32?/m0/s1. The summed E-state index contributed by atoms with van der Waals surface area (Å²) in [6.07, 6.45) is 7.42. The highest BCUT2D eigenvalue weighted by Gasteiger charge is 2.36. The van der Waals surface area contributed by atoms with Gasteiger partial charge in [0.1, 0.15) is 18.1 Å². The number of ether oxygens (including phenoxy) is 2. The van der Waals surface area contributed by atoms with Gasteiger partial charge in [-0.1, -0.05) is 83.0 Å². The zero-order chi connectivity index (χ0) is 24.8. The van der Waals surface area contributed by atoms with Crippen molar-refractivity contribution in [2.45, 2.75) is 84.7 Å². The average molecular weight is 471 g/mol. The number of hydrogen-bond acceptors (Lipinski definition) is 2. The zero-order valence-electron chi connectivity index (χ0n) is 22.3. The van der Waals surface area contributed by atoms with Crippen molar-refractivity contribution < 1.29 is 9.47 Å². The van der Waals surface area contributed by atoms with Crippen LogP contribution in [-0.4, -0.2) is 7.11 Å². The van der Waals surface area contributed by atoms with Gasteiger partial charge in [-0.3, -0.25) is 0 Å². The van der Waals surface area contributed by atoms with Crippen molar-refractivity contribution in [2.24, 2.45) is 5.41 Å². The van der Waals surface area contributed by atoms with E-state index in [0.717, 1.165) is 11.5 Å². The van der Waals surface area contributed by atoms with E-state index in [1.54, 1.807) is 7.11 Å². The smallest absolute Gasteiger partial charge is 0.120 e. The SMILES string of the molecule is CCC[C@H](CC)c1cccc(OCc2ccc(-c3cccc(OC)c3)c(C3CCCC3(C)C)c2)c1. The molecule has 2 atom stereocenters. The minimum absolute atomic E-state index is 0.301. The molecule has 1 fully saturated rings. The summed E-state index contributed by atoms with van der Waals surface area (Å²) in [6.45, 7) is 9.99. The van der Waals surface area contributed by atoms with E-state index in [4.69, 9.17) is 9.47 Å². The van der Waals surface area contributed by atoms with Gasteiger partial charge in [0.2, 0.25) is 0 Å². The van der Waals surface area contributed by atoms with E-state index in [1.807, 2.05) is 6.07 Å². The van der Waals surface area contributed by atoms with Crippen molar-refractivity contribution >= 4 is 0 Å².